The monoisotopic (exact) mass is 396 g/mol. The van der Waals surface area contributed by atoms with Crippen molar-refractivity contribution in [3.8, 4) is 16.3 Å². The van der Waals surface area contributed by atoms with Crippen LogP contribution in [0.1, 0.15) is 49.4 Å². The third kappa shape index (κ3) is 5.85. The summed E-state index contributed by atoms with van der Waals surface area (Å²) in [5.74, 6) is 0.562. The molecule has 6 nitrogen and oxygen atoms in total. The number of nitrogens with zero attached hydrogens (tertiary/aromatic N) is 3. The predicted octanol–water partition coefficient (Wildman–Crippen LogP) is 5.20. The van der Waals surface area contributed by atoms with Crippen molar-refractivity contribution in [2.45, 2.75) is 39.0 Å². The fourth-order valence-corrected chi connectivity index (χ4v) is 3.40. The van der Waals surface area contributed by atoms with Gasteiger partial charge in [-0.05, 0) is 42.8 Å². The van der Waals surface area contributed by atoms with Gasteiger partial charge < -0.3 is 4.74 Å². The molecule has 7 heteroatoms. The SMILES string of the molecule is CCCCCCCOc1ccc(C(=O)Nc2nnc(-c3ccncc3)s2)cc1. The Balaban J connectivity index is 1.49. The Bertz CT molecular complexity index is 866. The van der Waals surface area contributed by atoms with Gasteiger partial charge in [0.15, 0.2) is 0 Å². The summed E-state index contributed by atoms with van der Waals surface area (Å²) in [5.41, 5.74) is 1.47. The van der Waals surface area contributed by atoms with E-state index in [4.69, 9.17) is 4.74 Å². The molecule has 0 aliphatic heterocycles. The number of hydrogen-bond donors (Lipinski definition) is 1. The van der Waals surface area contributed by atoms with E-state index in [-0.39, 0.29) is 5.91 Å². The molecule has 0 saturated heterocycles. The number of rotatable bonds is 10. The summed E-state index contributed by atoms with van der Waals surface area (Å²) < 4.78 is 5.73. The minimum absolute atomic E-state index is 0.219. The molecule has 2 aromatic heterocycles. The van der Waals surface area contributed by atoms with Crippen molar-refractivity contribution in [3.05, 3.63) is 54.4 Å². The molecule has 0 unspecified atom stereocenters. The van der Waals surface area contributed by atoms with Crippen LogP contribution in [0, 0.1) is 0 Å². The number of unbranched alkanes of at least 4 members (excludes halogenated alkanes) is 4. The molecule has 0 bridgehead atoms. The molecular weight excluding hydrogens is 372 g/mol. The molecule has 0 radical (unpaired) electrons. The van der Waals surface area contributed by atoms with E-state index in [0.29, 0.717) is 17.3 Å². The second kappa shape index (κ2) is 10.5. The number of hydrogen-bond acceptors (Lipinski definition) is 6. The van der Waals surface area contributed by atoms with E-state index in [1.165, 1.54) is 37.0 Å². The third-order valence-electron chi connectivity index (χ3n) is 4.21. The van der Waals surface area contributed by atoms with Crippen molar-refractivity contribution < 1.29 is 9.53 Å². The van der Waals surface area contributed by atoms with Crippen molar-refractivity contribution in [3.63, 3.8) is 0 Å². The molecular formula is C21H24N4O2S. The van der Waals surface area contributed by atoms with Crippen LogP contribution in [0.2, 0.25) is 0 Å². The van der Waals surface area contributed by atoms with Crippen molar-refractivity contribution in [2.24, 2.45) is 0 Å². The van der Waals surface area contributed by atoms with Gasteiger partial charge in [0.2, 0.25) is 5.13 Å². The number of amides is 1. The molecule has 0 spiro atoms. The van der Waals surface area contributed by atoms with Crippen LogP contribution in [-0.4, -0.2) is 27.7 Å². The Hall–Kier alpha value is -2.80. The van der Waals surface area contributed by atoms with E-state index in [1.807, 2.05) is 24.3 Å². The summed E-state index contributed by atoms with van der Waals surface area (Å²) in [6, 6.07) is 10.9. The maximum atomic E-state index is 12.4. The molecule has 0 saturated carbocycles. The number of carbonyl (C=O) groups is 1. The summed E-state index contributed by atoms with van der Waals surface area (Å²) in [5, 5.41) is 12.1. The van der Waals surface area contributed by atoms with Crippen molar-refractivity contribution in [2.75, 3.05) is 11.9 Å². The number of pyridine rings is 1. The van der Waals surface area contributed by atoms with Crippen LogP contribution in [0.4, 0.5) is 5.13 Å². The van der Waals surface area contributed by atoms with Gasteiger partial charge in [0.25, 0.3) is 5.91 Å². The van der Waals surface area contributed by atoms with E-state index >= 15 is 0 Å². The Labute approximate surface area is 169 Å². The summed E-state index contributed by atoms with van der Waals surface area (Å²) in [6.45, 7) is 2.91. The van der Waals surface area contributed by atoms with Crippen LogP contribution in [-0.2, 0) is 0 Å². The minimum atomic E-state index is -0.219. The fraction of sp³-hybridized carbons (Fsp3) is 0.333. The lowest BCUT2D eigenvalue weighted by Gasteiger charge is -2.07. The lowest BCUT2D eigenvalue weighted by Crippen LogP contribution is -2.11. The average Bonchev–Trinajstić information content (AvgIpc) is 3.20. The van der Waals surface area contributed by atoms with Crippen molar-refractivity contribution in [1.29, 1.82) is 0 Å². The zero-order valence-electron chi connectivity index (χ0n) is 15.9. The fourth-order valence-electron chi connectivity index (χ4n) is 2.65. The first-order valence-corrected chi connectivity index (χ1v) is 10.4. The van der Waals surface area contributed by atoms with Crippen LogP contribution in [0.5, 0.6) is 5.75 Å². The van der Waals surface area contributed by atoms with E-state index in [1.54, 1.807) is 24.5 Å². The first kappa shape index (κ1) is 19.9. The lowest BCUT2D eigenvalue weighted by molar-refractivity contribution is 0.102. The van der Waals surface area contributed by atoms with E-state index in [9.17, 15) is 4.79 Å². The van der Waals surface area contributed by atoms with E-state index < -0.39 is 0 Å². The first-order valence-electron chi connectivity index (χ1n) is 9.54. The predicted molar refractivity (Wildman–Crippen MR) is 112 cm³/mol. The highest BCUT2D eigenvalue weighted by Crippen LogP contribution is 2.26. The number of carbonyl (C=O) groups excluding carboxylic acids is 1. The highest BCUT2D eigenvalue weighted by atomic mass is 32.1. The molecule has 0 atom stereocenters. The van der Waals surface area contributed by atoms with Crippen molar-refractivity contribution >= 4 is 22.4 Å². The van der Waals surface area contributed by atoms with E-state index in [0.717, 1.165) is 22.7 Å². The third-order valence-corrected chi connectivity index (χ3v) is 5.09. The highest BCUT2D eigenvalue weighted by molar-refractivity contribution is 7.18. The second-order valence-electron chi connectivity index (χ2n) is 6.39. The van der Waals surface area contributed by atoms with Crippen LogP contribution < -0.4 is 10.1 Å². The van der Waals surface area contributed by atoms with Gasteiger partial charge in [-0.15, -0.1) is 10.2 Å². The summed E-state index contributed by atoms with van der Waals surface area (Å²) in [7, 11) is 0. The van der Waals surface area contributed by atoms with Gasteiger partial charge in [0.1, 0.15) is 10.8 Å². The van der Waals surface area contributed by atoms with Gasteiger partial charge in [-0.1, -0.05) is 43.9 Å². The molecule has 3 aromatic rings. The van der Waals surface area contributed by atoms with Gasteiger partial charge in [0, 0.05) is 23.5 Å². The normalized spacial score (nSPS) is 10.6. The molecule has 28 heavy (non-hydrogen) atoms. The molecule has 2 heterocycles. The van der Waals surface area contributed by atoms with Crippen molar-refractivity contribution in [1.82, 2.24) is 15.2 Å². The first-order chi connectivity index (χ1) is 13.8. The average molecular weight is 397 g/mol. The van der Waals surface area contributed by atoms with Crippen LogP contribution >= 0.6 is 11.3 Å². The van der Waals surface area contributed by atoms with Gasteiger partial charge in [-0.3, -0.25) is 15.1 Å². The van der Waals surface area contributed by atoms with Gasteiger partial charge >= 0.3 is 0 Å². The second-order valence-corrected chi connectivity index (χ2v) is 7.37. The molecule has 3 rings (SSSR count). The quantitative estimate of drug-likeness (QED) is 0.477. The number of benzene rings is 1. The van der Waals surface area contributed by atoms with E-state index in [2.05, 4.69) is 27.4 Å². The summed E-state index contributed by atoms with van der Waals surface area (Å²) in [4.78, 5) is 16.4. The minimum Gasteiger partial charge on any atom is -0.494 e. The zero-order valence-corrected chi connectivity index (χ0v) is 16.7. The Morgan fingerprint density at radius 2 is 1.75 bits per heavy atom. The number of aromatic nitrogens is 3. The summed E-state index contributed by atoms with van der Waals surface area (Å²) in [6.07, 6.45) is 9.42. The number of nitrogens with one attached hydrogen (secondary N) is 1. The Morgan fingerprint density at radius 3 is 2.50 bits per heavy atom. The molecule has 1 amide bonds. The zero-order chi connectivity index (χ0) is 19.6. The largest absolute Gasteiger partial charge is 0.494 e. The molecule has 1 N–H and O–H groups in total. The molecule has 0 fully saturated rings. The van der Waals surface area contributed by atoms with Crippen LogP contribution in [0.15, 0.2) is 48.8 Å². The van der Waals surface area contributed by atoms with Gasteiger partial charge in [-0.2, -0.15) is 0 Å². The molecule has 0 aliphatic carbocycles. The highest BCUT2D eigenvalue weighted by Gasteiger charge is 2.11. The Kier molecular flexibility index (Phi) is 7.49. The standard InChI is InChI=1S/C21H24N4O2S/c1-2-3-4-5-6-15-27-18-9-7-16(8-10-18)19(26)23-21-25-24-20(28-21)17-11-13-22-14-12-17/h7-14H,2-6,15H2,1H3,(H,23,25,26). The van der Waals surface area contributed by atoms with Crippen LogP contribution in [0.25, 0.3) is 10.6 Å². The van der Waals surface area contributed by atoms with Crippen LogP contribution in [0.3, 0.4) is 0 Å². The number of anilines is 1. The smallest absolute Gasteiger partial charge is 0.257 e. The van der Waals surface area contributed by atoms with Gasteiger partial charge in [0.05, 0.1) is 6.61 Å². The maximum absolute atomic E-state index is 12.4. The topological polar surface area (TPSA) is 77.0 Å². The summed E-state index contributed by atoms with van der Waals surface area (Å²) >= 11 is 1.32. The lowest BCUT2D eigenvalue weighted by atomic mass is 10.2. The molecule has 0 aliphatic rings. The molecule has 1 aromatic carbocycles. The number of ether oxygens (including phenoxy) is 1. The maximum Gasteiger partial charge on any atom is 0.257 e. The Morgan fingerprint density at radius 1 is 1.00 bits per heavy atom. The molecule has 146 valence electrons. The van der Waals surface area contributed by atoms with Gasteiger partial charge in [-0.25, -0.2) is 0 Å².